The molecule has 2 N–H and O–H groups in total. The van der Waals surface area contributed by atoms with Crippen LogP contribution in [-0.4, -0.2) is 58.3 Å². The first kappa shape index (κ1) is 29.2. The van der Waals surface area contributed by atoms with E-state index >= 15 is 0 Å². The molecule has 0 saturated carbocycles. The number of aromatic nitrogens is 2. The van der Waals surface area contributed by atoms with Crippen molar-refractivity contribution >= 4 is 34.6 Å². The zero-order chi connectivity index (χ0) is 29.1. The van der Waals surface area contributed by atoms with Crippen LogP contribution in [0.1, 0.15) is 60.6 Å². The first-order chi connectivity index (χ1) is 19.7. The van der Waals surface area contributed by atoms with E-state index in [1.165, 1.54) is 17.0 Å². The Hall–Kier alpha value is -3.27. The number of nitrogens with zero attached hydrogens (tertiary/aromatic N) is 4. The Kier molecular flexibility index (Phi) is 9.06. The molecule has 0 unspecified atom stereocenters. The number of rotatable bonds is 9. The predicted molar refractivity (Wildman–Crippen MR) is 168 cm³/mol. The van der Waals surface area contributed by atoms with Crippen molar-refractivity contribution < 1.29 is 9.53 Å². The fourth-order valence-corrected chi connectivity index (χ4v) is 6.26. The van der Waals surface area contributed by atoms with Crippen LogP contribution >= 0.6 is 12.2 Å². The Morgan fingerprint density at radius 1 is 1.12 bits per heavy atom. The van der Waals surface area contributed by atoms with E-state index in [4.69, 9.17) is 21.9 Å². The summed E-state index contributed by atoms with van der Waals surface area (Å²) in [7, 11) is 0. The summed E-state index contributed by atoms with van der Waals surface area (Å²) in [5.41, 5.74) is 7.51. The smallest absolute Gasteiger partial charge is 0.226 e. The van der Waals surface area contributed by atoms with E-state index in [1.54, 1.807) is 0 Å². The molecule has 0 radical (unpaired) electrons. The largest absolute Gasteiger partial charge is 0.379 e. The van der Waals surface area contributed by atoms with Crippen LogP contribution in [0, 0.1) is 26.7 Å². The zero-order valence-corrected chi connectivity index (χ0v) is 25.6. The summed E-state index contributed by atoms with van der Waals surface area (Å²) < 4.78 is 7.96. The van der Waals surface area contributed by atoms with Crippen molar-refractivity contribution in [1.82, 2.24) is 19.8 Å². The van der Waals surface area contributed by atoms with Crippen molar-refractivity contribution in [2.45, 2.75) is 59.7 Å². The molecule has 0 bridgehead atoms. The summed E-state index contributed by atoms with van der Waals surface area (Å²) in [6.07, 6.45) is 2.93. The number of ether oxygens (including phenoxy) is 1. The first-order valence-corrected chi connectivity index (χ1v) is 15.0. The normalized spacial score (nSPS) is 19.6. The van der Waals surface area contributed by atoms with Gasteiger partial charge in [-0.15, -0.1) is 0 Å². The second-order valence-corrected chi connectivity index (χ2v) is 11.8. The van der Waals surface area contributed by atoms with Gasteiger partial charge in [-0.2, -0.15) is 0 Å². The summed E-state index contributed by atoms with van der Waals surface area (Å²) >= 11 is 5.98. The number of carbonyl (C=O) groups excluding carboxylic acids is 1. The van der Waals surface area contributed by atoms with Crippen LogP contribution in [0.15, 0.2) is 48.7 Å². The van der Waals surface area contributed by atoms with E-state index in [2.05, 4.69) is 57.0 Å². The molecule has 4 heterocycles. The average molecular weight is 575 g/mol. The Balaban J connectivity index is 1.47. The highest BCUT2D eigenvalue weighted by atomic mass is 32.1. The highest BCUT2D eigenvalue weighted by Crippen LogP contribution is 2.44. The van der Waals surface area contributed by atoms with Crippen LogP contribution in [0.2, 0.25) is 0 Å². The number of morpholine rings is 1. The molecule has 0 spiro atoms. The fourth-order valence-electron chi connectivity index (χ4n) is 5.91. The molecule has 2 fully saturated rings. The summed E-state index contributed by atoms with van der Waals surface area (Å²) in [6.45, 7) is 16.0. The van der Waals surface area contributed by atoms with Gasteiger partial charge in [0.15, 0.2) is 5.11 Å². The van der Waals surface area contributed by atoms with Crippen molar-refractivity contribution in [2.24, 2.45) is 5.92 Å². The number of pyridine rings is 1. The van der Waals surface area contributed by atoms with Crippen molar-refractivity contribution in [2.75, 3.05) is 43.1 Å². The molecule has 2 aliphatic heterocycles. The third-order valence-corrected chi connectivity index (χ3v) is 8.57. The Labute approximate surface area is 249 Å². The maximum absolute atomic E-state index is 12.4. The quantitative estimate of drug-likeness (QED) is 0.336. The van der Waals surface area contributed by atoms with E-state index in [0.717, 1.165) is 68.4 Å². The van der Waals surface area contributed by atoms with Crippen molar-refractivity contribution in [3.05, 3.63) is 76.9 Å². The summed E-state index contributed by atoms with van der Waals surface area (Å²) in [5, 5.41) is 7.31. The number of hydrogen-bond donors (Lipinski definition) is 2. The van der Waals surface area contributed by atoms with Gasteiger partial charge in [-0.3, -0.25) is 14.7 Å². The highest BCUT2D eigenvalue weighted by molar-refractivity contribution is 7.80. The molecule has 2 aromatic heterocycles. The lowest BCUT2D eigenvalue weighted by Gasteiger charge is -2.29. The lowest BCUT2D eigenvalue weighted by Crippen LogP contribution is -2.37. The van der Waals surface area contributed by atoms with Crippen LogP contribution in [-0.2, 0) is 16.1 Å². The van der Waals surface area contributed by atoms with E-state index in [9.17, 15) is 4.79 Å². The molecule has 1 amide bonds. The molecule has 218 valence electrons. The monoisotopic (exact) mass is 574 g/mol. The molecule has 2 aliphatic rings. The van der Waals surface area contributed by atoms with E-state index < -0.39 is 0 Å². The maximum atomic E-state index is 12.4. The topological polar surface area (TPSA) is 74.7 Å². The van der Waals surface area contributed by atoms with Crippen LogP contribution in [0.5, 0.6) is 0 Å². The molecule has 5 rings (SSSR count). The van der Waals surface area contributed by atoms with Gasteiger partial charge in [-0.05, 0) is 86.9 Å². The highest BCUT2D eigenvalue weighted by Gasteiger charge is 2.42. The van der Waals surface area contributed by atoms with Crippen molar-refractivity contribution in [1.29, 1.82) is 0 Å². The summed E-state index contributed by atoms with van der Waals surface area (Å²) in [4.78, 5) is 21.8. The number of thiocarbonyl (C=S) groups is 1. The lowest BCUT2D eigenvalue weighted by atomic mass is 9.96. The van der Waals surface area contributed by atoms with Gasteiger partial charge in [0.25, 0.3) is 0 Å². The van der Waals surface area contributed by atoms with Gasteiger partial charge in [-0.25, -0.2) is 0 Å². The molecule has 1 aromatic carbocycles. The average Bonchev–Trinajstić information content (AvgIpc) is 3.45. The molecule has 2 atom stereocenters. The van der Waals surface area contributed by atoms with Gasteiger partial charge in [0, 0.05) is 61.1 Å². The molecular weight excluding hydrogens is 532 g/mol. The number of carbonyl (C=O) groups is 1. The molecule has 41 heavy (non-hydrogen) atoms. The van der Waals surface area contributed by atoms with E-state index in [1.807, 2.05) is 51.2 Å². The summed E-state index contributed by atoms with van der Waals surface area (Å²) in [5.74, 6) is -0.0783. The Morgan fingerprint density at radius 2 is 1.90 bits per heavy atom. The minimum Gasteiger partial charge on any atom is -0.379 e. The number of hydrogen-bond acceptors (Lipinski definition) is 5. The van der Waals surface area contributed by atoms with Gasteiger partial charge >= 0.3 is 0 Å². The molecule has 8 nitrogen and oxygen atoms in total. The third kappa shape index (κ3) is 6.32. The second kappa shape index (κ2) is 12.7. The Bertz CT molecular complexity index is 1380. The standard InChI is InChI=1S/C32H42N6O2S/c1-21(2)31(39)34-27-11-10-25(19-22(27)3)38-30(29(35-32(38)41)28-9-6-7-12-33-28)26-20-23(4)37(24(26)5)14-8-13-36-15-17-40-18-16-36/h6-7,9-12,19-21,29-30H,8,13-18H2,1-5H3,(H,34,39)(H,35,41)/t29-,30+/m0/s1. The van der Waals surface area contributed by atoms with Gasteiger partial charge in [-0.1, -0.05) is 19.9 Å². The number of nitrogens with one attached hydrogen (secondary N) is 2. The van der Waals surface area contributed by atoms with Crippen LogP contribution < -0.4 is 15.5 Å². The van der Waals surface area contributed by atoms with Gasteiger partial charge in [0.1, 0.15) is 0 Å². The fraction of sp³-hybridized carbons (Fsp3) is 0.469. The van der Waals surface area contributed by atoms with Crippen molar-refractivity contribution in [3.8, 4) is 0 Å². The first-order valence-electron chi connectivity index (χ1n) is 14.6. The van der Waals surface area contributed by atoms with Gasteiger partial charge in [0.05, 0.1) is 31.0 Å². The number of benzene rings is 1. The maximum Gasteiger partial charge on any atom is 0.226 e. The molecule has 9 heteroatoms. The lowest BCUT2D eigenvalue weighted by molar-refractivity contribution is -0.118. The minimum atomic E-state index is -0.105. The number of amides is 1. The van der Waals surface area contributed by atoms with Crippen LogP contribution in [0.25, 0.3) is 0 Å². The van der Waals surface area contributed by atoms with E-state index in [-0.39, 0.29) is 23.9 Å². The molecule has 2 saturated heterocycles. The van der Waals surface area contributed by atoms with Crippen molar-refractivity contribution in [3.63, 3.8) is 0 Å². The third-order valence-electron chi connectivity index (χ3n) is 8.26. The molecular formula is C32H42N6O2S. The summed E-state index contributed by atoms with van der Waals surface area (Å²) in [6, 6.07) is 14.3. The molecule has 0 aliphatic carbocycles. The van der Waals surface area contributed by atoms with Gasteiger partial charge < -0.3 is 24.8 Å². The second-order valence-electron chi connectivity index (χ2n) is 11.4. The number of anilines is 2. The number of aryl methyl sites for hydroxylation is 2. The Morgan fingerprint density at radius 3 is 2.59 bits per heavy atom. The SMILES string of the molecule is Cc1cc(N2C(=S)N[C@@H](c3ccccn3)[C@H]2c2cc(C)n(CCCN3CCOCC3)c2C)ccc1NC(=O)C(C)C. The van der Waals surface area contributed by atoms with E-state index in [0.29, 0.717) is 5.11 Å². The minimum absolute atomic E-state index is 0.00774. The van der Waals surface area contributed by atoms with Crippen LogP contribution in [0.3, 0.4) is 0 Å². The molecule has 3 aromatic rings. The predicted octanol–water partition coefficient (Wildman–Crippen LogP) is 5.30. The van der Waals surface area contributed by atoms with Crippen LogP contribution in [0.4, 0.5) is 11.4 Å². The van der Waals surface area contributed by atoms with Gasteiger partial charge in [0.2, 0.25) is 5.91 Å². The zero-order valence-electron chi connectivity index (χ0n) is 24.8.